The molecule has 6 nitrogen and oxygen atoms in total. The van der Waals surface area contributed by atoms with Crippen LogP contribution in [-0.2, 0) is 17.4 Å². The average Bonchev–Trinajstić information content (AvgIpc) is 3.25. The summed E-state index contributed by atoms with van der Waals surface area (Å²) in [7, 11) is 3.16. The van der Waals surface area contributed by atoms with Gasteiger partial charge < -0.3 is 4.90 Å². The topological polar surface area (TPSA) is 63.4 Å². The van der Waals surface area contributed by atoms with E-state index >= 15 is 0 Å². The largest absolute Gasteiger partial charge is 0.451 e. The van der Waals surface area contributed by atoms with E-state index in [1.807, 2.05) is 0 Å². The number of carbonyl (C=O) groups is 1. The highest BCUT2D eigenvalue weighted by atomic mass is 19.4. The minimum absolute atomic E-state index is 0.0810. The Labute approximate surface area is 207 Å². The van der Waals surface area contributed by atoms with Gasteiger partial charge in [0.25, 0.3) is 0 Å². The van der Waals surface area contributed by atoms with E-state index < -0.39 is 36.8 Å². The number of aromatic nitrogens is 4. The van der Waals surface area contributed by atoms with Crippen molar-refractivity contribution in [3.05, 3.63) is 66.2 Å². The molecule has 3 aromatic heterocycles. The predicted octanol–water partition coefficient (Wildman–Crippen LogP) is 6.00. The van der Waals surface area contributed by atoms with Gasteiger partial charge in [-0.15, -0.1) is 0 Å². The predicted molar refractivity (Wildman–Crippen MR) is 125 cm³/mol. The van der Waals surface area contributed by atoms with Crippen LogP contribution in [0, 0.1) is 0 Å². The van der Waals surface area contributed by atoms with Crippen molar-refractivity contribution in [3.8, 4) is 22.5 Å². The van der Waals surface area contributed by atoms with Crippen LogP contribution in [0.1, 0.15) is 24.2 Å². The molecule has 4 rings (SSSR count). The van der Waals surface area contributed by atoms with Crippen molar-refractivity contribution in [2.24, 2.45) is 0 Å². The Morgan fingerprint density at radius 2 is 1.73 bits per heavy atom. The van der Waals surface area contributed by atoms with Crippen molar-refractivity contribution in [3.63, 3.8) is 0 Å². The minimum Gasteiger partial charge on any atom is -0.363 e. The zero-order valence-electron chi connectivity index (χ0n) is 19.7. The zero-order valence-corrected chi connectivity index (χ0v) is 19.7. The molecule has 0 N–H and O–H groups in total. The van der Waals surface area contributed by atoms with Gasteiger partial charge in [-0.3, -0.25) is 9.20 Å². The van der Waals surface area contributed by atoms with Gasteiger partial charge >= 0.3 is 12.4 Å². The summed E-state index contributed by atoms with van der Waals surface area (Å²) in [5, 5.41) is 0. The van der Waals surface area contributed by atoms with Crippen molar-refractivity contribution in [1.29, 1.82) is 0 Å². The Morgan fingerprint density at radius 3 is 2.41 bits per heavy atom. The van der Waals surface area contributed by atoms with Gasteiger partial charge in [0, 0.05) is 50.3 Å². The molecule has 0 unspecified atom stereocenters. The van der Waals surface area contributed by atoms with E-state index in [-0.39, 0.29) is 17.9 Å². The normalized spacial score (nSPS) is 12.2. The molecule has 0 amide bonds. The number of ketones is 1. The molecule has 0 atom stereocenters. The lowest BCUT2D eigenvalue weighted by Gasteiger charge is -2.15. The number of rotatable bonds is 7. The third-order valence-electron chi connectivity index (χ3n) is 5.54. The lowest BCUT2D eigenvalue weighted by atomic mass is 10.0. The number of halogens is 6. The number of pyridine rings is 1. The standard InChI is InChI=1S/C25H21F6N5O/c1-35(2)22-13-19(33-23(34-22)25(29,30)31)16-7-9-36-20(14-32-21(36)12-16)17-5-3-4-15(10-17)11-18(37)6-8-24(26,27)28/h3-5,7,9-10,12-14H,6,8,11H2,1-2H3. The maximum atomic E-state index is 13.3. The van der Waals surface area contributed by atoms with Gasteiger partial charge in [0.15, 0.2) is 0 Å². The van der Waals surface area contributed by atoms with Crippen LogP contribution in [0.4, 0.5) is 32.2 Å². The molecule has 1 aromatic carbocycles. The first kappa shape index (κ1) is 26.1. The van der Waals surface area contributed by atoms with E-state index in [4.69, 9.17) is 0 Å². The maximum Gasteiger partial charge on any atom is 0.451 e. The summed E-state index contributed by atoms with van der Waals surface area (Å²) in [4.78, 5) is 25.1. The summed E-state index contributed by atoms with van der Waals surface area (Å²) in [6.07, 6.45) is -7.77. The molecule has 37 heavy (non-hydrogen) atoms. The Bertz CT molecular complexity index is 1440. The molecule has 194 valence electrons. The molecular weight excluding hydrogens is 500 g/mol. The van der Waals surface area contributed by atoms with E-state index in [0.29, 0.717) is 28.0 Å². The highest BCUT2D eigenvalue weighted by Gasteiger charge is 2.35. The van der Waals surface area contributed by atoms with Crippen LogP contribution in [0.25, 0.3) is 28.2 Å². The van der Waals surface area contributed by atoms with Crippen LogP contribution in [0.3, 0.4) is 0 Å². The van der Waals surface area contributed by atoms with Crippen LogP contribution >= 0.6 is 0 Å². The second-order valence-corrected chi connectivity index (χ2v) is 8.65. The van der Waals surface area contributed by atoms with Gasteiger partial charge in [-0.25, -0.2) is 15.0 Å². The first-order chi connectivity index (χ1) is 17.3. The van der Waals surface area contributed by atoms with E-state index in [1.165, 1.54) is 11.0 Å². The van der Waals surface area contributed by atoms with E-state index in [0.717, 1.165) is 0 Å². The maximum absolute atomic E-state index is 13.3. The number of benzene rings is 1. The lowest BCUT2D eigenvalue weighted by molar-refractivity contribution is -0.144. The molecule has 0 saturated carbocycles. The van der Waals surface area contributed by atoms with E-state index in [2.05, 4.69) is 15.0 Å². The Hall–Kier alpha value is -3.96. The monoisotopic (exact) mass is 521 g/mol. The van der Waals surface area contributed by atoms with Gasteiger partial charge in [0.2, 0.25) is 5.82 Å². The molecule has 0 aliphatic heterocycles. The second-order valence-electron chi connectivity index (χ2n) is 8.65. The fourth-order valence-electron chi connectivity index (χ4n) is 3.73. The van der Waals surface area contributed by atoms with Crippen LogP contribution in [0.5, 0.6) is 0 Å². The van der Waals surface area contributed by atoms with Crippen LogP contribution in [0.2, 0.25) is 0 Å². The highest BCUT2D eigenvalue weighted by Crippen LogP contribution is 2.31. The van der Waals surface area contributed by atoms with Crippen LogP contribution in [-0.4, -0.2) is 45.4 Å². The molecule has 0 spiro atoms. The van der Waals surface area contributed by atoms with Crippen molar-refractivity contribution >= 4 is 17.2 Å². The molecule has 12 heteroatoms. The number of imidazole rings is 1. The number of anilines is 1. The highest BCUT2D eigenvalue weighted by molar-refractivity contribution is 5.81. The molecular formula is C25H21F6N5O. The van der Waals surface area contributed by atoms with Gasteiger partial charge in [0.05, 0.1) is 24.0 Å². The summed E-state index contributed by atoms with van der Waals surface area (Å²) in [6.45, 7) is 0. The van der Waals surface area contributed by atoms with E-state index in [9.17, 15) is 31.1 Å². The summed E-state index contributed by atoms with van der Waals surface area (Å²) in [6, 6.07) is 11.5. The molecule has 0 radical (unpaired) electrons. The fraction of sp³-hybridized carbons (Fsp3) is 0.280. The van der Waals surface area contributed by atoms with Gasteiger partial charge in [0.1, 0.15) is 17.2 Å². The molecule has 0 fully saturated rings. The SMILES string of the molecule is CN(C)c1cc(-c2ccn3c(-c4cccc(CC(=O)CCC(F)(F)F)c4)cnc3c2)nc(C(F)(F)F)n1. The minimum atomic E-state index is -4.72. The third kappa shape index (κ3) is 6.25. The lowest BCUT2D eigenvalue weighted by Crippen LogP contribution is -2.17. The first-order valence-corrected chi connectivity index (χ1v) is 11.1. The summed E-state index contributed by atoms with van der Waals surface area (Å²) in [5.74, 6) is -1.67. The van der Waals surface area contributed by atoms with Crippen LogP contribution in [0.15, 0.2) is 54.9 Å². The number of Topliss-reactive ketones (excluding diaryl/α,β-unsaturated/α-hetero) is 1. The smallest absolute Gasteiger partial charge is 0.363 e. The summed E-state index contributed by atoms with van der Waals surface area (Å²) in [5.41, 5.74) is 2.81. The van der Waals surface area contributed by atoms with Gasteiger partial charge in [-0.1, -0.05) is 18.2 Å². The average molecular weight is 521 g/mol. The first-order valence-electron chi connectivity index (χ1n) is 11.1. The Kier molecular flexibility index (Phi) is 6.94. The summed E-state index contributed by atoms with van der Waals surface area (Å²) < 4.78 is 78.9. The van der Waals surface area contributed by atoms with Crippen LogP contribution < -0.4 is 4.90 Å². The van der Waals surface area contributed by atoms with Crippen molar-refractivity contribution in [1.82, 2.24) is 19.4 Å². The molecule has 0 bridgehead atoms. The van der Waals surface area contributed by atoms with Crippen molar-refractivity contribution in [2.75, 3.05) is 19.0 Å². The molecule has 0 aliphatic rings. The number of carbonyl (C=O) groups excluding carboxylic acids is 1. The van der Waals surface area contributed by atoms with Gasteiger partial charge in [-0.2, -0.15) is 26.3 Å². The quantitative estimate of drug-likeness (QED) is 0.279. The Balaban J connectivity index is 1.63. The number of hydrogen-bond donors (Lipinski definition) is 0. The number of alkyl halides is 6. The number of hydrogen-bond acceptors (Lipinski definition) is 5. The van der Waals surface area contributed by atoms with Crippen molar-refractivity contribution < 1.29 is 31.1 Å². The van der Waals surface area contributed by atoms with Crippen molar-refractivity contribution in [2.45, 2.75) is 31.6 Å². The molecule has 4 aromatic rings. The summed E-state index contributed by atoms with van der Waals surface area (Å²) >= 11 is 0. The van der Waals surface area contributed by atoms with E-state index in [1.54, 1.807) is 67.3 Å². The van der Waals surface area contributed by atoms with Gasteiger partial charge in [-0.05, 0) is 23.8 Å². The number of nitrogens with zero attached hydrogens (tertiary/aromatic N) is 5. The molecule has 0 saturated heterocycles. The Morgan fingerprint density at radius 1 is 0.973 bits per heavy atom. The molecule has 3 heterocycles. The molecule has 0 aliphatic carbocycles. The second kappa shape index (κ2) is 9.83. The number of fused-ring (bicyclic) bond motifs is 1. The zero-order chi connectivity index (χ0) is 27.0. The third-order valence-corrected chi connectivity index (χ3v) is 5.54. The fourth-order valence-corrected chi connectivity index (χ4v) is 3.73.